The second-order valence-corrected chi connectivity index (χ2v) is 5.83. The van der Waals surface area contributed by atoms with Gasteiger partial charge >= 0.3 is 0 Å². The third kappa shape index (κ3) is 3.26. The normalized spacial score (nSPS) is 12.6. The standard InChI is InChI=1S/C17H21N5O/c1-11(2)23-14-7-5-6-13(8-14)12(3)21-16-15-9-20-22(4)17(15)19-10-18-16/h5-12H,1-4H3,(H,18,19,21)/t12-/m1/s1. The summed E-state index contributed by atoms with van der Waals surface area (Å²) in [5.41, 5.74) is 1.95. The Morgan fingerprint density at radius 2 is 2.00 bits per heavy atom. The van der Waals surface area contributed by atoms with E-state index in [9.17, 15) is 0 Å². The predicted octanol–water partition coefficient (Wildman–Crippen LogP) is 3.32. The maximum atomic E-state index is 5.76. The van der Waals surface area contributed by atoms with Crippen molar-refractivity contribution in [2.45, 2.75) is 32.9 Å². The van der Waals surface area contributed by atoms with E-state index < -0.39 is 0 Å². The van der Waals surface area contributed by atoms with E-state index in [1.54, 1.807) is 17.2 Å². The van der Waals surface area contributed by atoms with Gasteiger partial charge in [0.1, 0.15) is 17.9 Å². The molecule has 120 valence electrons. The summed E-state index contributed by atoms with van der Waals surface area (Å²) >= 11 is 0. The van der Waals surface area contributed by atoms with Crippen molar-refractivity contribution < 1.29 is 4.74 Å². The fourth-order valence-corrected chi connectivity index (χ4v) is 2.49. The Morgan fingerprint density at radius 3 is 2.78 bits per heavy atom. The lowest BCUT2D eigenvalue weighted by molar-refractivity contribution is 0.242. The summed E-state index contributed by atoms with van der Waals surface area (Å²) < 4.78 is 7.50. The number of nitrogens with one attached hydrogen (secondary N) is 1. The molecule has 0 bridgehead atoms. The molecule has 0 spiro atoms. The summed E-state index contributed by atoms with van der Waals surface area (Å²) in [5.74, 6) is 1.66. The number of fused-ring (bicyclic) bond motifs is 1. The molecular formula is C17H21N5O. The summed E-state index contributed by atoms with van der Waals surface area (Å²) in [6.45, 7) is 6.14. The lowest BCUT2D eigenvalue weighted by Gasteiger charge is -2.17. The van der Waals surface area contributed by atoms with Crippen LogP contribution in [0, 0.1) is 0 Å². The van der Waals surface area contributed by atoms with Gasteiger partial charge in [-0.3, -0.25) is 4.68 Å². The second kappa shape index (κ2) is 6.24. The highest BCUT2D eigenvalue weighted by Gasteiger charge is 2.12. The van der Waals surface area contributed by atoms with Crippen LogP contribution in [0.3, 0.4) is 0 Å². The molecule has 6 heteroatoms. The van der Waals surface area contributed by atoms with E-state index in [1.807, 2.05) is 33.0 Å². The molecule has 0 aliphatic heterocycles. The number of rotatable bonds is 5. The Kier molecular flexibility index (Phi) is 4.14. The first-order valence-electron chi connectivity index (χ1n) is 7.70. The minimum Gasteiger partial charge on any atom is -0.491 e. The van der Waals surface area contributed by atoms with Crippen LogP contribution in [-0.4, -0.2) is 25.9 Å². The van der Waals surface area contributed by atoms with E-state index in [0.29, 0.717) is 0 Å². The lowest BCUT2D eigenvalue weighted by atomic mass is 10.1. The van der Waals surface area contributed by atoms with Crippen LogP contribution in [0.2, 0.25) is 0 Å². The molecule has 0 amide bonds. The highest BCUT2D eigenvalue weighted by Crippen LogP contribution is 2.25. The van der Waals surface area contributed by atoms with Crippen molar-refractivity contribution in [1.29, 1.82) is 0 Å². The van der Waals surface area contributed by atoms with Crippen LogP contribution in [0.1, 0.15) is 32.4 Å². The zero-order chi connectivity index (χ0) is 16.4. The van der Waals surface area contributed by atoms with E-state index in [2.05, 4.69) is 39.4 Å². The quantitative estimate of drug-likeness (QED) is 0.783. The van der Waals surface area contributed by atoms with Crippen LogP contribution in [0.5, 0.6) is 5.75 Å². The van der Waals surface area contributed by atoms with Crippen molar-refractivity contribution in [3.63, 3.8) is 0 Å². The Labute approximate surface area is 135 Å². The molecule has 2 heterocycles. The van der Waals surface area contributed by atoms with Crippen LogP contribution in [0.15, 0.2) is 36.8 Å². The zero-order valence-electron chi connectivity index (χ0n) is 13.8. The molecular weight excluding hydrogens is 290 g/mol. The van der Waals surface area contributed by atoms with E-state index in [1.165, 1.54) is 0 Å². The fraction of sp³-hybridized carbons (Fsp3) is 0.353. The van der Waals surface area contributed by atoms with Crippen LogP contribution >= 0.6 is 0 Å². The van der Waals surface area contributed by atoms with Crippen LogP contribution in [-0.2, 0) is 7.05 Å². The molecule has 0 radical (unpaired) electrons. The second-order valence-electron chi connectivity index (χ2n) is 5.83. The predicted molar refractivity (Wildman–Crippen MR) is 90.5 cm³/mol. The Hall–Kier alpha value is -2.63. The average Bonchev–Trinajstić information content (AvgIpc) is 2.90. The van der Waals surface area contributed by atoms with Crippen molar-refractivity contribution in [2.75, 3.05) is 5.32 Å². The highest BCUT2D eigenvalue weighted by atomic mass is 16.5. The van der Waals surface area contributed by atoms with E-state index >= 15 is 0 Å². The van der Waals surface area contributed by atoms with E-state index in [4.69, 9.17) is 4.74 Å². The number of hydrogen-bond donors (Lipinski definition) is 1. The number of nitrogens with zero attached hydrogens (tertiary/aromatic N) is 4. The molecule has 3 rings (SSSR count). The number of hydrogen-bond acceptors (Lipinski definition) is 5. The number of anilines is 1. The van der Waals surface area contributed by atoms with Crippen LogP contribution in [0.25, 0.3) is 11.0 Å². The van der Waals surface area contributed by atoms with Gasteiger partial charge in [0.25, 0.3) is 0 Å². The van der Waals surface area contributed by atoms with Crippen molar-refractivity contribution in [3.05, 3.63) is 42.4 Å². The molecule has 0 saturated carbocycles. The van der Waals surface area contributed by atoms with Gasteiger partial charge in [0.2, 0.25) is 0 Å². The lowest BCUT2D eigenvalue weighted by Crippen LogP contribution is -2.10. The molecule has 23 heavy (non-hydrogen) atoms. The molecule has 0 unspecified atom stereocenters. The molecule has 1 atom stereocenters. The number of ether oxygens (including phenoxy) is 1. The summed E-state index contributed by atoms with van der Waals surface area (Å²) in [6.07, 6.45) is 3.49. The molecule has 6 nitrogen and oxygen atoms in total. The summed E-state index contributed by atoms with van der Waals surface area (Å²) in [4.78, 5) is 8.61. The van der Waals surface area contributed by atoms with E-state index in [0.717, 1.165) is 28.2 Å². The molecule has 1 aromatic carbocycles. The first kappa shape index (κ1) is 15.3. The van der Waals surface area contributed by atoms with Gasteiger partial charge in [-0.05, 0) is 38.5 Å². The minimum absolute atomic E-state index is 0.0871. The molecule has 2 aromatic heterocycles. The summed E-state index contributed by atoms with van der Waals surface area (Å²) in [6, 6.07) is 8.20. The maximum Gasteiger partial charge on any atom is 0.163 e. The third-order valence-electron chi connectivity index (χ3n) is 3.61. The van der Waals surface area contributed by atoms with Gasteiger partial charge in [-0.25, -0.2) is 9.97 Å². The molecule has 0 saturated heterocycles. The molecule has 0 fully saturated rings. The SMILES string of the molecule is CC(C)Oc1cccc([C@@H](C)Nc2ncnc3c2cnn3C)c1. The zero-order valence-corrected chi connectivity index (χ0v) is 13.8. The smallest absolute Gasteiger partial charge is 0.163 e. The van der Waals surface area contributed by atoms with Crippen molar-refractivity contribution >= 4 is 16.9 Å². The van der Waals surface area contributed by atoms with Crippen molar-refractivity contribution in [2.24, 2.45) is 7.05 Å². The van der Waals surface area contributed by atoms with Crippen molar-refractivity contribution in [3.8, 4) is 5.75 Å². The summed E-state index contributed by atoms with van der Waals surface area (Å²) in [5, 5.41) is 8.59. The molecule has 0 aliphatic rings. The number of aromatic nitrogens is 4. The average molecular weight is 311 g/mol. The highest BCUT2D eigenvalue weighted by molar-refractivity contribution is 5.86. The minimum atomic E-state index is 0.0871. The first-order valence-corrected chi connectivity index (χ1v) is 7.70. The first-order chi connectivity index (χ1) is 11.0. The Morgan fingerprint density at radius 1 is 1.17 bits per heavy atom. The number of benzene rings is 1. The number of aryl methyl sites for hydroxylation is 1. The van der Waals surface area contributed by atoms with Gasteiger partial charge in [-0.2, -0.15) is 5.10 Å². The Bertz CT molecular complexity index is 812. The van der Waals surface area contributed by atoms with Gasteiger partial charge in [0.05, 0.1) is 23.7 Å². The van der Waals surface area contributed by atoms with Gasteiger partial charge in [-0.1, -0.05) is 12.1 Å². The topological polar surface area (TPSA) is 64.9 Å². The maximum absolute atomic E-state index is 5.76. The third-order valence-corrected chi connectivity index (χ3v) is 3.61. The van der Waals surface area contributed by atoms with Gasteiger partial charge in [-0.15, -0.1) is 0 Å². The monoisotopic (exact) mass is 311 g/mol. The van der Waals surface area contributed by atoms with Gasteiger partial charge < -0.3 is 10.1 Å². The Balaban J connectivity index is 1.84. The fourth-order valence-electron chi connectivity index (χ4n) is 2.49. The van der Waals surface area contributed by atoms with Gasteiger partial charge in [0, 0.05) is 7.05 Å². The van der Waals surface area contributed by atoms with Gasteiger partial charge in [0.15, 0.2) is 5.65 Å². The molecule has 0 aliphatic carbocycles. The van der Waals surface area contributed by atoms with Crippen LogP contribution in [0.4, 0.5) is 5.82 Å². The molecule has 3 aromatic rings. The van der Waals surface area contributed by atoms with Crippen molar-refractivity contribution in [1.82, 2.24) is 19.7 Å². The summed E-state index contributed by atoms with van der Waals surface area (Å²) in [7, 11) is 1.87. The van der Waals surface area contributed by atoms with E-state index in [-0.39, 0.29) is 12.1 Å². The molecule has 1 N–H and O–H groups in total. The van der Waals surface area contributed by atoms with Crippen LogP contribution < -0.4 is 10.1 Å². The largest absolute Gasteiger partial charge is 0.491 e.